The van der Waals surface area contributed by atoms with Gasteiger partial charge < -0.3 is 24.8 Å². The van der Waals surface area contributed by atoms with Gasteiger partial charge in [0.15, 0.2) is 0 Å². The van der Waals surface area contributed by atoms with Gasteiger partial charge in [-0.1, -0.05) is 0 Å². The highest BCUT2D eigenvalue weighted by Gasteiger charge is 2.15. The molecule has 1 saturated heterocycles. The molecule has 3 heterocycles. The van der Waals surface area contributed by atoms with Crippen LogP contribution < -0.4 is 15.4 Å². The van der Waals surface area contributed by atoms with Crippen molar-refractivity contribution in [2.24, 2.45) is 0 Å². The predicted octanol–water partition coefficient (Wildman–Crippen LogP) is 1.66. The molecule has 132 valence electrons. The SMILES string of the molecule is c1cc(OC[C@@H]2COCCO2)ccc1Nc1ncc2c(n1)CNCC2. The number of fused-ring (bicyclic) bond motifs is 1. The van der Waals surface area contributed by atoms with E-state index in [9.17, 15) is 0 Å². The summed E-state index contributed by atoms with van der Waals surface area (Å²) in [5.74, 6) is 1.42. The Morgan fingerprint density at radius 3 is 3.00 bits per heavy atom. The van der Waals surface area contributed by atoms with E-state index < -0.39 is 0 Å². The van der Waals surface area contributed by atoms with Gasteiger partial charge in [0, 0.05) is 18.4 Å². The number of hydrogen-bond donors (Lipinski definition) is 2. The molecule has 0 saturated carbocycles. The average molecular weight is 342 g/mol. The molecule has 0 amide bonds. The van der Waals surface area contributed by atoms with E-state index in [-0.39, 0.29) is 6.10 Å². The fourth-order valence-corrected chi connectivity index (χ4v) is 2.88. The van der Waals surface area contributed by atoms with E-state index in [1.165, 1.54) is 5.56 Å². The first-order valence-corrected chi connectivity index (χ1v) is 8.61. The average Bonchev–Trinajstić information content (AvgIpc) is 2.68. The van der Waals surface area contributed by atoms with Gasteiger partial charge >= 0.3 is 0 Å². The molecule has 2 aromatic rings. The zero-order valence-electron chi connectivity index (χ0n) is 14.0. The Morgan fingerprint density at radius 2 is 2.16 bits per heavy atom. The van der Waals surface area contributed by atoms with E-state index in [4.69, 9.17) is 14.2 Å². The second-order valence-electron chi connectivity index (χ2n) is 6.12. The van der Waals surface area contributed by atoms with Crippen molar-refractivity contribution in [1.82, 2.24) is 15.3 Å². The van der Waals surface area contributed by atoms with E-state index in [1.54, 1.807) is 0 Å². The second-order valence-corrected chi connectivity index (χ2v) is 6.12. The van der Waals surface area contributed by atoms with Crippen LogP contribution in [0, 0.1) is 0 Å². The summed E-state index contributed by atoms with van der Waals surface area (Å²) >= 11 is 0. The normalized spacial score (nSPS) is 19.9. The maximum atomic E-state index is 5.75. The molecule has 2 aliphatic heterocycles. The van der Waals surface area contributed by atoms with Crippen molar-refractivity contribution in [3.63, 3.8) is 0 Å². The monoisotopic (exact) mass is 342 g/mol. The van der Waals surface area contributed by atoms with Crippen LogP contribution in [0.3, 0.4) is 0 Å². The van der Waals surface area contributed by atoms with Crippen LogP contribution in [0.25, 0.3) is 0 Å². The quantitative estimate of drug-likeness (QED) is 0.856. The third kappa shape index (κ3) is 4.25. The van der Waals surface area contributed by atoms with Crippen LogP contribution in [0.5, 0.6) is 5.75 Å². The van der Waals surface area contributed by atoms with Crippen molar-refractivity contribution in [3.05, 3.63) is 41.7 Å². The maximum Gasteiger partial charge on any atom is 0.227 e. The number of nitrogens with one attached hydrogen (secondary N) is 2. The third-order valence-electron chi connectivity index (χ3n) is 4.25. The number of nitrogens with zero attached hydrogens (tertiary/aromatic N) is 2. The smallest absolute Gasteiger partial charge is 0.227 e. The minimum Gasteiger partial charge on any atom is -0.491 e. The molecule has 2 aliphatic rings. The summed E-state index contributed by atoms with van der Waals surface area (Å²) in [5.41, 5.74) is 3.22. The summed E-state index contributed by atoms with van der Waals surface area (Å²) in [6.45, 7) is 4.16. The molecule has 2 N–H and O–H groups in total. The molecule has 0 unspecified atom stereocenters. The lowest BCUT2D eigenvalue weighted by molar-refractivity contribution is -0.101. The number of benzene rings is 1. The van der Waals surface area contributed by atoms with E-state index in [1.807, 2.05) is 30.5 Å². The Morgan fingerprint density at radius 1 is 1.24 bits per heavy atom. The zero-order chi connectivity index (χ0) is 16.9. The highest BCUT2D eigenvalue weighted by atomic mass is 16.6. The van der Waals surface area contributed by atoms with Gasteiger partial charge in [-0.3, -0.25) is 0 Å². The Bertz CT molecular complexity index is 702. The zero-order valence-corrected chi connectivity index (χ0v) is 14.0. The van der Waals surface area contributed by atoms with Crippen molar-refractivity contribution >= 4 is 11.6 Å². The van der Waals surface area contributed by atoms with E-state index in [0.717, 1.165) is 36.6 Å². The first kappa shape index (κ1) is 16.3. The molecular weight excluding hydrogens is 320 g/mol. The lowest BCUT2D eigenvalue weighted by atomic mass is 10.1. The van der Waals surface area contributed by atoms with Crippen LogP contribution >= 0.6 is 0 Å². The summed E-state index contributed by atoms with van der Waals surface area (Å²) in [6, 6.07) is 7.75. The molecule has 4 rings (SSSR count). The molecule has 0 radical (unpaired) electrons. The summed E-state index contributed by atoms with van der Waals surface area (Å²) in [5, 5.41) is 6.56. The van der Waals surface area contributed by atoms with Crippen LogP contribution in [0.1, 0.15) is 11.3 Å². The lowest BCUT2D eigenvalue weighted by Crippen LogP contribution is -2.33. The summed E-state index contributed by atoms with van der Waals surface area (Å²) in [6.07, 6.45) is 2.90. The Labute approximate surface area is 146 Å². The molecule has 25 heavy (non-hydrogen) atoms. The molecule has 1 atom stereocenters. The molecule has 1 aromatic carbocycles. The highest BCUT2D eigenvalue weighted by Crippen LogP contribution is 2.20. The van der Waals surface area contributed by atoms with E-state index in [2.05, 4.69) is 20.6 Å². The van der Waals surface area contributed by atoms with Gasteiger partial charge in [-0.2, -0.15) is 0 Å². The molecule has 0 aliphatic carbocycles. The molecule has 7 heteroatoms. The van der Waals surface area contributed by atoms with Crippen molar-refractivity contribution in [3.8, 4) is 5.75 Å². The number of ether oxygens (including phenoxy) is 3. The van der Waals surface area contributed by atoms with Gasteiger partial charge in [-0.15, -0.1) is 0 Å². The van der Waals surface area contributed by atoms with Crippen LogP contribution in [0.4, 0.5) is 11.6 Å². The number of rotatable bonds is 5. The maximum absolute atomic E-state index is 5.75. The van der Waals surface area contributed by atoms with E-state index >= 15 is 0 Å². The fraction of sp³-hybridized carbons (Fsp3) is 0.444. The predicted molar refractivity (Wildman–Crippen MR) is 93.2 cm³/mol. The highest BCUT2D eigenvalue weighted by molar-refractivity contribution is 5.54. The first-order valence-electron chi connectivity index (χ1n) is 8.61. The Hall–Kier alpha value is -2.22. The van der Waals surface area contributed by atoms with Gasteiger partial charge in [0.2, 0.25) is 5.95 Å². The molecule has 0 spiro atoms. The standard InChI is InChI=1S/C18H22N4O3/c1-3-15(25-12-16-11-23-7-8-24-16)4-2-14(1)21-18-20-9-13-5-6-19-10-17(13)22-18/h1-4,9,16,19H,5-8,10-12H2,(H,20,21,22)/t16-/m0/s1. The molecule has 1 fully saturated rings. The van der Waals surface area contributed by atoms with Gasteiger partial charge in [0.25, 0.3) is 0 Å². The van der Waals surface area contributed by atoms with Gasteiger partial charge in [0.05, 0.1) is 25.5 Å². The second kappa shape index (κ2) is 7.77. The van der Waals surface area contributed by atoms with Crippen LogP contribution in [-0.2, 0) is 22.4 Å². The van der Waals surface area contributed by atoms with Crippen molar-refractivity contribution in [2.75, 3.05) is 38.3 Å². The largest absolute Gasteiger partial charge is 0.491 e. The molecule has 1 aromatic heterocycles. The summed E-state index contributed by atoms with van der Waals surface area (Å²) < 4.78 is 16.7. The molecule has 7 nitrogen and oxygen atoms in total. The van der Waals surface area contributed by atoms with Crippen LogP contribution in [0.2, 0.25) is 0 Å². The van der Waals surface area contributed by atoms with Crippen LogP contribution in [0.15, 0.2) is 30.5 Å². The van der Waals surface area contributed by atoms with Crippen LogP contribution in [-0.4, -0.2) is 49.0 Å². The molecule has 0 bridgehead atoms. The van der Waals surface area contributed by atoms with E-state index in [0.29, 0.717) is 32.4 Å². The first-order chi connectivity index (χ1) is 12.4. The number of anilines is 2. The van der Waals surface area contributed by atoms with Gasteiger partial charge in [-0.25, -0.2) is 9.97 Å². The number of aromatic nitrogens is 2. The Kier molecular flexibility index (Phi) is 5.06. The fourth-order valence-electron chi connectivity index (χ4n) is 2.88. The van der Waals surface area contributed by atoms with Crippen molar-refractivity contribution in [2.45, 2.75) is 19.1 Å². The minimum absolute atomic E-state index is 0.00376. The van der Waals surface area contributed by atoms with Gasteiger partial charge in [0.1, 0.15) is 18.5 Å². The van der Waals surface area contributed by atoms with Crippen molar-refractivity contribution in [1.29, 1.82) is 0 Å². The topological polar surface area (TPSA) is 77.5 Å². The van der Waals surface area contributed by atoms with Gasteiger partial charge in [-0.05, 0) is 42.8 Å². The number of hydrogen-bond acceptors (Lipinski definition) is 7. The Balaban J connectivity index is 1.34. The third-order valence-corrected chi connectivity index (χ3v) is 4.25. The lowest BCUT2D eigenvalue weighted by Gasteiger charge is -2.23. The van der Waals surface area contributed by atoms with Crippen molar-refractivity contribution < 1.29 is 14.2 Å². The summed E-state index contributed by atoms with van der Waals surface area (Å²) in [7, 11) is 0. The summed E-state index contributed by atoms with van der Waals surface area (Å²) in [4.78, 5) is 8.98. The molecular formula is C18H22N4O3. The minimum atomic E-state index is 0.00376.